The Morgan fingerprint density at radius 1 is 1.25 bits per heavy atom. The minimum absolute atomic E-state index is 0.459. The van der Waals surface area contributed by atoms with Crippen LogP contribution in [0.2, 0.25) is 0 Å². The number of anilines is 1. The Morgan fingerprint density at radius 3 is 2.69 bits per heavy atom. The van der Waals surface area contributed by atoms with Crippen molar-refractivity contribution in [3.8, 4) is 11.5 Å². The Hall–Kier alpha value is -1.91. The monoisotopic (exact) mass is 218 g/mol. The fourth-order valence-electron chi connectivity index (χ4n) is 1.20. The fraction of sp³-hybridized carbons (Fsp3) is 0.364. The van der Waals surface area contributed by atoms with Crippen molar-refractivity contribution < 1.29 is 4.42 Å². The highest BCUT2D eigenvalue weighted by Gasteiger charge is 2.07. The Morgan fingerprint density at radius 2 is 2.00 bits per heavy atom. The molecular weight excluding hydrogens is 204 g/mol. The largest absolute Gasteiger partial charge is 0.403 e. The molecule has 0 aromatic carbocycles. The molecule has 2 rings (SSSR count). The number of pyridine rings is 1. The lowest BCUT2D eigenvalue weighted by atomic mass is 10.2. The van der Waals surface area contributed by atoms with Crippen LogP contribution >= 0.6 is 0 Å². The topological polar surface area (TPSA) is 63.8 Å². The number of rotatable bonds is 4. The second-order valence-electron chi connectivity index (χ2n) is 3.92. The first-order valence-electron chi connectivity index (χ1n) is 5.23. The first-order chi connectivity index (χ1) is 7.75. The molecule has 0 aliphatic heterocycles. The van der Waals surface area contributed by atoms with Crippen LogP contribution in [0.3, 0.4) is 0 Å². The zero-order chi connectivity index (χ0) is 11.4. The van der Waals surface area contributed by atoms with Gasteiger partial charge in [-0.1, -0.05) is 18.9 Å². The molecule has 2 aromatic heterocycles. The predicted molar refractivity (Wildman–Crippen MR) is 60.9 cm³/mol. The molecule has 5 nitrogen and oxygen atoms in total. The third kappa shape index (κ3) is 2.56. The molecule has 5 heteroatoms. The quantitative estimate of drug-likeness (QED) is 0.852. The van der Waals surface area contributed by atoms with Gasteiger partial charge in [0, 0.05) is 24.5 Å². The van der Waals surface area contributed by atoms with E-state index >= 15 is 0 Å². The van der Waals surface area contributed by atoms with Gasteiger partial charge in [-0.3, -0.25) is 4.98 Å². The summed E-state index contributed by atoms with van der Waals surface area (Å²) in [6.07, 6.45) is 3.39. The number of hydrogen-bond acceptors (Lipinski definition) is 5. The lowest BCUT2D eigenvalue weighted by molar-refractivity contribution is 0.569. The first kappa shape index (κ1) is 10.6. The molecule has 0 spiro atoms. The second kappa shape index (κ2) is 4.74. The van der Waals surface area contributed by atoms with E-state index in [1.165, 1.54) is 0 Å². The standard InChI is InChI=1S/C11H14N4O/c1-8(2)7-13-11-15-14-10(16-11)9-3-5-12-6-4-9/h3-6,8H,7H2,1-2H3,(H,13,15). The van der Waals surface area contributed by atoms with E-state index in [-0.39, 0.29) is 0 Å². The Balaban J connectivity index is 2.08. The maximum absolute atomic E-state index is 5.46. The molecule has 2 aromatic rings. The van der Waals surface area contributed by atoms with Gasteiger partial charge in [0.1, 0.15) is 0 Å². The van der Waals surface area contributed by atoms with Gasteiger partial charge in [0.15, 0.2) is 0 Å². The van der Waals surface area contributed by atoms with Crippen molar-refractivity contribution in [1.29, 1.82) is 0 Å². The van der Waals surface area contributed by atoms with Crippen LogP contribution in [0.4, 0.5) is 6.01 Å². The molecular formula is C11H14N4O. The molecule has 16 heavy (non-hydrogen) atoms. The minimum atomic E-state index is 0.459. The molecule has 0 saturated heterocycles. The van der Waals surface area contributed by atoms with E-state index < -0.39 is 0 Å². The molecule has 0 atom stereocenters. The SMILES string of the molecule is CC(C)CNc1nnc(-c2ccncc2)o1. The van der Waals surface area contributed by atoms with E-state index in [9.17, 15) is 0 Å². The number of aromatic nitrogens is 3. The van der Waals surface area contributed by atoms with Crippen molar-refractivity contribution >= 4 is 6.01 Å². The third-order valence-electron chi connectivity index (χ3n) is 2.01. The van der Waals surface area contributed by atoms with Gasteiger partial charge in [-0.2, -0.15) is 0 Å². The Labute approximate surface area is 93.9 Å². The minimum Gasteiger partial charge on any atom is -0.403 e. The Bertz CT molecular complexity index is 438. The maximum Gasteiger partial charge on any atom is 0.315 e. The lowest BCUT2D eigenvalue weighted by Gasteiger charge is -2.02. The molecule has 0 aliphatic rings. The Kier molecular flexibility index (Phi) is 3.14. The normalized spacial score (nSPS) is 10.7. The highest BCUT2D eigenvalue weighted by molar-refractivity contribution is 5.51. The molecule has 0 bridgehead atoms. The number of hydrogen-bond donors (Lipinski definition) is 1. The van der Waals surface area contributed by atoms with Crippen LogP contribution in [-0.2, 0) is 0 Å². The summed E-state index contributed by atoms with van der Waals surface area (Å²) >= 11 is 0. The average Bonchev–Trinajstić information content (AvgIpc) is 2.76. The summed E-state index contributed by atoms with van der Waals surface area (Å²) in [5, 5.41) is 11.0. The van der Waals surface area contributed by atoms with E-state index in [1.807, 2.05) is 12.1 Å². The lowest BCUT2D eigenvalue weighted by Crippen LogP contribution is -2.07. The number of nitrogens with one attached hydrogen (secondary N) is 1. The molecule has 1 N–H and O–H groups in total. The van der Waals surface area contributed by atoms with Gasteiger partial charge in [-0.05, 0) is 18.1 Å². The van der Waals surface area contributed by atoms with Gasteiger partial charge in [0.2, 0.25) is 5.89 Å². The van der Waals surface area contributed by atoms with Crippen LogP contribution in [0.25, 0.3) is 11.5 Å². The van der Waals surface area contributed by atoms with Crippen molar-refractivity contribution in [3.05, 3.63) is 24.5 Å². The highest BCUT2D eigenvalue weighted by Crippen LogP contribution is 2.18. The van der Waals surface area contributed by atoms with Crippen LogP contribution < -0.4 is 5.32 Å². The molecule has 84 valence electrons. The van der Waals surface area contributed by atoms with E-state index in [0.717, 1.165) is 12.1 Å². The van der Waals surface area contributed by atoms with Gasteiger partial charge in [0.05, 0.1) is 0 Å². The van der Waals surface area contributed by atoms with Crippen molar-refractivity contribution in [2.45, 2.75) is 13.8 Å². The van der Waals surface area contributed by atoms with Crippen LogP contribution in [0, 0.1) is 5.92 Å². The fourth-order valence-corrected chi connectivity index (χ4v) is 1.20. The predicted octanol–water partition coefficient (Wildman–Crippen LogP) is 2.20. The summed E-state index contributed by atoms with van der Waals surface area (Å²) in [5.41, 5.74) is 0.875. The second-order valence-corrected chi connectivity index (χ2v) is 3.92. The molecule has 0 radical (unpaired) electrons. The van der Waals surface area contributed by atoms with Gasteiger partial charge in [0.25, 0.3) is 0 Å². The summed E-state index contributed by atoms with van der Waals surface area (Å²) in [6, 6.07) is 4.12. The molecule has 2 heterocycles. The summed E-state index contributed by atoms with van der Waals surface area (Å²) in [6.45, 7) is 5.05. The highest BCUT2D eigenvalue weighted by atomic mass is 16.4. The van der Waals surface area contributed by atoms with Crippen LogP contribution in [0.1, 0.15) is 13.8 Å². The van der Waals surface area contributed by atoms with Gasteiger partial charge < -0.3 is 9.73 Å². The molecule has 0 saturated carbocycles. The van der Waals surface area contributed by atoms with E-state index in [0.29, 0.717) is 17.8 Å². The van der Waals surface area contributed by atoms with Gasteiger partial charge >= 0.3 is 6.01 Å². The van der Waals surface area contributed by atoms with Crippen molar-refractivity contribution in [3.63, 3.8) is 0 Å². The zero-order valence-electron chi connectivity index (χ0n) is 9.34. The van der Waals surface area contributed by atoms with Crippen molar-refractivity contribution in [2.24, 2.45) is 5.92 Å². The third-order valence-corrected chi connectivity index (χ3v) is 2.01. The van der Waals surface area contributed by atoms with Crippen LogP contribution in [0.5, 0.6) is 0 Å². The summed E-state index contributed by atoms with van der Waals surface area (Å²) in [5.74, 6) is 1.05. The van der Waals surface area contributed by atoms with Crippen LogP contribution in [0.15, 0.2) is 28.9 Å². The van der Waals surface area contributed by atoms with E-state index in [1.54, 1.807) is 12.4 Å². The zero-order valence-corrected chi connectivity index (χ0v) is 9.34. The van der Waals surface area contributed by atoms with Crippen LogP contribution in [-0.4, -0.2) is 21.7 Å². The van der Waals surface area contributed by atoms with Crippen molar-refractivity contribution in [1.82, 2.24) is 15.2 Å². The van der Waals surface area contributed by atoms with Gasteiger partial charge in [-0.25, -0.2) is 0 Å². The summed E-state index contributed by atoms with van der Waals surface area (Å²) in [7, 11) is 0. The molecule has 0 unspecified atom stereocenters. The summed E-state index contributed by atoms with van der Waals surface area (Å²) in [4.78, 5) is 3.93. The van der Waals surface area contributed by atoms with Crippen molar-refractivity contribution in [2.75, 3.05) is 11.9 Å². The number of nitrogens with zero attached hydrogens (tertiary/aromatic N) is 3. The van der Waals surface area contributed by atoms with Gasteiger partial charge in [-0.15, -0.1) is 5.10 Å². The molecule has 0 fully saturated rings. The van der Waals surface area contributed by atoms with E-state index in [2.05, 4.69) is 34.3 Å². The molecule has 0 amide bonds. The first-order valence-corrected chi connectivity index (χ1v) is 5.23. The smallest absolute Gasteiger partial charge is 0.315 e. The average molecular weight is 218 g/mol. The summed E-state index contributed by atoms with van der Waals surface area (Å²) < 4.78 is 5.46. The van der Waals surface area contributed by atoms with E-state index in [4.69, 9.17) is 4.42 Å². The molecule has 0 aliphatic carbocycles. The maximum atomic E-state index is 5.46.